The van der Waals surface area contributed by atoms with Gasteiger partial charge in [0.2, 0.25) is 0 Å². The molecule has 0 aliphatic heterocycles. The van der Waals surface area contributed by atoms with Crippen molar-refractivity contribution < 1.29 is 32.7 Å². The second-order valence-corrected chi connectivity index (χ2v) is 4.56. The maximum absolute atomic E-state index is 4.24. The van der Waals surface area contributed by atoms with E-state index < -0.39 is 0 Å². The van der Waals surface area contributed by atoms with E-state index in [1.54, 1.807) is 0 Å². The molecule has 0 saturated heterocycles. The Hall–Kier alpha value is 1.10. The van der Waals surface area contributed by atoms with E-state index in [1.807, 2.05) is 0 Å². The first kappa shape index (κ1) is 14.1. The van der Waals surface area contributed by atoms with Gasteiger partial charge in [-0.2, -0.15) is 5.92 Å². The minimum atomic E-state index is 0. The van der Waals surface area contributed by atoms with Gasteiger partial charge in [0.25, 0.3) is 0 Å². The van der Waals surface area contributed by atoms with Crippen LogP contribution < -0.4 is 0 Å². The number of fused-ring (bicyclic) bond motifs is 1. The molecular formula is C12H22Y+. The summed E-state index contributed by atoms with van der Waals surface area (Å²) in [5, 5.41) is 0. The monoisotopic (exact) mass is 255 g/mol. The zero-order chi connectivity index (χ0) is 7.84. The smallest absolute Gasteiger partial charge is 0.358 e. The normalized spacial score (nSPS) is 42.9. The molecule has 0 spiro atoms. The zero-order valence-corrected chi connectivity index (χ0v) is 12.0. The molecule has 2 rings (SSSR count). The molecule has 0 aromatic heterocycles. The molecule has 2 aliphatic carbocycles. The van der Waals surface area contributed by atoms with Crippen molar-refractivity contribution in [3.63, 3.8) is 0 Å². The van der Waals surface area contributed by atoms with Crippen LogP contribution in [0.3, 0.4) is 0 Å². The third-order valence-electron chi connectivity index (χ3n) is 3.99. The molecule has 1 heteroatoms. The van der Waals surface area contributed by atoms with Crippen molar-refractivity contribution in [3.05, 3.63) is 14.4 Å². The topological polar surface area (TPSA) is 0 Å². The summed E-state index contributed by atoms with van der Waals surface area (Å²) in [5.74, 6) is 3.79. The molecule has 0 nitrogen and oxygen atoms in total. The van der Waals surface area contributed by atoms with E-state index in [9.17, 15) is 0 Å². The van der Waals surface area contributed by atoms with Crippen LogP contribution in [0.1, 0.15) is 39.0 Å². The van der Waals surface area contributed by atoms with Crippen molar-refractivity contribution in [3.8, 4) is 0 Å². The van der Waals surface area contributed by atoms with Gasteiger partial charge in [-0.05, 0) is 11.8 Å². The van der Waals surface area contributed by atoms with Crippen LogP contribution in [0.15, 0.2) is 0 Å². The van der Waals surface area contributed by atoms with Crippen LogP contribution in [-0.4, -0.2) is 0 Å². The molecule has 72 valence electrons. The van der Waals surface area contributed by atoms with Gasteiger partial charge in [0.05, 0.1) is 0 Å². The summed E-state index contributed by atoms with van der Waals surface area (Å²) in [4.78, 5) is 0. The summed E-state index contributed by atoms with van der Waals surface area (Å²) in [7, 11) is 0. The molecule has 0 aromatic rings. The standard InChI is InChI=1S/C11H19.CH3.Y/c1-8-7-10-5-3-4-6-11(10)9(8)2;;/h8-11H,1,3-7H2,2H3;1H3;/q2*-1;+3. The van der Waals surface area contributed by atoms with E-state index in [2.05, 4.69) is 13.8 Å². The summed E-state index contributed by atoms with van der Waals surface area (Å²) >= 11 is 0. The van der Waals surface area contributed by atoms with Crippen molar-refractivity contribution in [2.75, 3.05) is 0 Å². The predicted molar refractivity (Wildman–Crippen MR) is 54.5 cm³/mol. The zero-order valence-electron chi connectivity index (χ0n) is 9.13. The first-order valence-corrected chi connectivity index (χ1v) is 5.12. The van der Waals surface area contributed by atoms with Gasteiger partial charge in [0.1, 0.15) is 0 Å². The molecule has 2 aliphatic rings. The van der Waals surface area contributed by atoms with Crippen LogP contribution >= 0.6 is 0 Å². The van der Waals surface area contributed by atoms with Crippen LogP contribution in [-0.2, 0) is 32.7 Å². The first-order valence-electron chi connectivity index (χ1n) is 5.12. The maximum atomic E-state index is 4.24. The Bertz CT molecular complexity index is 144. The summed E-state index contributed by atoms with van der Waals surface area (Å²) in [5.41, 5.74) is 0. The molecule has 0 heterocycles. The molecule has 0 N–H and O–H groups in total. The van der Waals surface area contributed by atoms with E-state index in [1.165, 1.54) is 32.1 Å². The number of rotatable bonds is 0. The molecule has 2 fully saturated rings. The Balaban J connectivity index is 0.000000720. The number of hydrogen-bond acceptors (Lipinski definition) is 0. The third-order valence-corrected chi connectivity index (χ3v) is 3.99. The van der Waals surface area contributed by atoms with Gasteiger partial charge in [-0.3, -0.25) is 0 Å². The van der Waals surface area contributed by atoms with Gasteiger partial charge in [-0.25, -0.2) is 0 Å². The molecular weight excluding hydrogens is 233 g/mol. The molecule has 0 bridgehead atoms. The van der Waals surface area contributed by atoms with Crippen molar-refractivity contribution in [1.82, 2.24) is 0 Å². The van der Waals surface area contributed by atoms with Crippen LogP contribution in [0.2, 0.25) is 0 Å². The van der Waals surface area contributed by atoms with Gasteiger partial charge in [0.15, 0.2) is 0 Å². The Morgan fingerprint density at radius 1 is 1.15 bits per heavy atom. The molecule has 0 amide bonds. The molecule has 0 radical (unpaired) electrons. The Morgan fingerprint density at radius 2 is 1.77 bits per heavy atom. The fourth-order valence-electron chi connectivity index (χ4n) is 3.17. The Kier molecular flexibility index (Phi) is 6.35. The SMILES string of the molecule is [CH2-]C1CC2CCCCC2C1C.[CH3-].[Y+3]. The largest absolute Gasteiger partial charge is 3.00 e. The van der Waals surface area contributed by atoms with Crippen LogP contribution in [0, 0.1) is 38.0 Å². The van der Waals surface area contributed by atoms with Crippen molar-refractivity contribution in [2.24, 2.45) is 23.7 Å². The van der Waals surface area contributed by atoms with E-state index >= 15 is 0 Å². The summed E-state index contributed by atoms with van der Waals surface area (Å²) in [6.45, 7) is 6.65. The average molecular weight is 255 g/mol. The summed E-state index contributed by atoms with van der Waals surface area (Å²) < 4.78 is 0. The predicted octanol–water partition coefficient (Wildman–Crippen LogP) is 3.73. The minimum absolute atomic E-state index is 0. The summed E-state index contributed by atoms with van der Waals surface area (Å²) in [6, 6.07) is 0. The van der Waals surface area contributed by atoms with E-state index in [0.29, 0.717) is 0 Å². The van der Waals surface area contributed by atoms with Crippen LogP contribution in [0.4, 0.5) is 0 Å². The van der Waals surface area contributed by atoms with Crippen molar-refractivity contribution >= 4 is 0 Å². The summed E-state index contributed by atoms with van der Waals surface area (Å²) in [6.07, 6.45) is 7.39. The van der Waals surface area contributed by atoms with Gasteiger partial charge >= 0.3 is 32.7 Å². The van der Waals surface area contributed by atoms with Crippen molar-refractivity contribution in [1.29, 1.82) is 0 Å². The van der Waals surface area contributed by atoms with E-state index in [-0.39, 0.29) is 40.1 Å². The van der Waals surface area contributed by atoms with Gasteiger partial charge in [-0.1, -0.05) is 44.9 Å². The number of hydrogen-bond donors (Lipinski definition) is 0. The quantitative estimate of drug-likeness (QED) is 0.578. The first-order chi connectivity index (χ1) is 5.29. The van der Waals surface area contributed by atoms with Crippen molar-refractivity contribution in [2.45, 2.75) is 39.0 Å². The third kappa shape index (κ3) is 2.78. The second-order valence-electron chi connectivity index (χ2n) is 4.56. The Labute approximate surface area is 109 Å². The van der Waals surface area contributed by atoms with Gasteiger partial charge in [0, 0.05) is 0 Å². The van der Waals surface area contributed by atoms with E-state index in [4.69, 9.17) is 0 Å². The van der Waals surface area contributed by atoms with Crippen LogP contribution in [0.25, 0.3) is 0 Å². The molecule has 0 aromatic carbocycles. The van der Waals surface area contributed by atoms with E-state index in [0.717, 1.165) is 23.7 Å². The molecule has 13 heavy (non-hydrogen) atoms. The molecule has 4 atom stereocenters. The average Bonchev–Trinajstić information content (AvgIpc) is 2.30. The maximum Gasteiger partial charge on any atom is 3.00 e. The fraction of sp³-hybridized carbons (Fsp3) is 0.833. The van der Waals surface area contributed by atoms with Gasteiger partial charge in [-0.15, -0.1) is 0 Å². The minimum Gasteiger partial charge on any atom is -0.358 e. The molecule has 2 saturated carbocycles. The second kappa shape index (κ2) is 5.86. The molecule has 4 unspecified atom stereocenters. The van der Waals surface area contributed by atoms with Crippen LogP contribution in [0.5, 0.6) is 0 Å². The van der Waals surface area contributed by atoms with Gasteiger partial charge < -0.3 is 14.4 Å². The Morgan fingerprint density at radius 3 is 2.38 bits per heavy atom. The fourth-order valence-corrected chi connectivity index (χ4v) is 3.17.